The Hall–Kier alpha value is -3.20. The smallest absolute Gasteiger partial charge is 0.389 e. The number of halogens is 6. The third-order valence-corrected chi connectivity index (χ3v) is 11.4. The molecule has 0 radical (unpaired) electrons. The molecular weight excluding hydrogens is 616 g/mol. The van der Waals surface area contributed by atoms with Crippen LogP contribution in [0.25, 0.3) is 0 Å². The minimum Gasteiger partial charge on any atom is -0.389 e. The minimum atomic E-state index is -5.30. The van der Waals surface area contributed by atoms with Crippen molar-refractivity contribution in [2.45, 2.75) is 91.8 Å². The fourth-order valence-electron chi connectivity index (χ4n) is 6.66. The molecule has 5 atom stereocenters. The predicted octanol–water partition coefficient (Wildman–Crippen LogP) is 3.89. The third kappa shape index (κ3) is 4.95. The normalized spacial score (nSPS) is 27.2. The molecule has 1 aliphatic carbocycles. The van der Waals surface area contributed by atoms with Gasteiger partial charge < -0.3 is 14.9 Å². The molecule has 2 amide bonds. The Morgan fingerprint density at radius 2 is 1.73 bits per heavy atom. The molecule has 44 heavy (non-hydrogen) atoms. The zero-order valence-electron chi connectivity index (χ0n) is 24.0. The number of aliphatic hydroxyl groups is 1. The maximum Gasteiger partial charge on any atom is 0.428 e. The molecule has 0 saturated carbocycles. The topological polar surface area (TPSA) is 108 Å². The fourth-order valence-corrected chi connectivity index (χ4v) is 9.01. The van der Waals surface area contributed by atoms with Gasteiger partial charge in [0.25, 0.3) is 5.91 Å². The number of hydrogen-bond acceptors (Lipinski definition) is 6. The Balaban J connectivity index is 1.63. The first kappa shape index (κ1) is 32.2. The van der Waals surface area contributed by atoms with Crippen molar-refractivity contribution >= 4 is 21.7 Å². The number of aryl methyl sites for hydroxylation is 1. The summed E-state index contributed by atoms with van der Waals surface area (Å²) in [6.45, 7) is 2.52. The number of carbonyl (C=O) groups excluding carboxylic acids is 2. The highest BCUT2D eigenvalue weighted by molar-refractivity contribution is 7.92. The number of rotatable bonds is 6. The molecule has 5 rings (SSSR count). The number of carbonyl (C=O) groups is 2. The van der Waals surface area contributed by atoms with Crippen LogP contribution in [0.15, 0.2) is 41.3 Å². The number of β-amino-alcohol motifs (C(OH)–C–C–N with tert-alkyl or cyclic N) is 1. The first-order valence-electron chi connectivity index (χ1n) is 14.0. The molecule has 3 heterocycles. The number of aromatic nitrogens is 1. The summed E-state index contributed by atoms with van der Waals surface area (Å²) in [5.74, 6) is -2.45. The fraction of sp³-hybridized carbons (Fsp3) is 0.552. The van der Waals surface area contributed by atoms with E-state index in [1.165, 1.54) is 18.7 Å². The highest BCUT2D eigenvalue weighted by Gasteiger charge is 2.63. The van der Waals surface area contributed by atoms with E-state index in [0.29, 0.717) is 6.92 Å². The molecule has 1 aromatic carbocycles. The summed E-state index contributed by atoms with van der Waals surface area (Å²) in [7, 11) is -4.53. The summed E-state index contributed by atoms with van der Waals surface area (Å²) >= 11 is 0. The zero-order valence-corrected chi connectivity index (χ0v) is 24.9. The van der Waals surface area contributed by atoms with Crippen molar-refractivity contribution in [1.82, 2.24) is 14.8 Å². The van der Waals surface area contributed by atoms with Crippen molar-refractivity contribution in [2.24, 2.45) is 0 Å². The third-order valence-electron chi connectivity index (χ3n) is 8.82. The molecule has 15 heteroatoms. The second kappa shape index (κ2) is 10.4. The number of benzene rings is 1. The molecule has 1 aromatic heterocycles. The van der Waals surface area contributed by atoms with E-state index in [4.69, 9.17) is 0 Å². The van der Waals surface area contributed by atoms with E-state index in [0.717, 1.165) is 41.3 Å². The standard InChI is InChI=1S/C29H31F6N3O5S/c1-26(2,41)15-38-21(14-19(31)24(38)39)25(40)37-13-12-28(44(42,43)17-6-4-16(30)5-7-17)18-8-10-22(27(3,32)29(33,34)35)36-20(18)9-11-23(28)37/h4-8,10,19,21,23,41H,9,11-15H2,1-3H3/t19-,21-,23?,27?,28?/m1/s1. The van der Waals surface area contributed by atoms with Gasteiger partial charge in [-0.15, -0.1) is 0 Å². The van der Waals surface area contributed by atoms with Crippen LogP contribution < -0.4 is 0 Å². The number of sulfone groups is 1. The van der Waals surface area contributed by atoms with Gasteiger partial charge in [-0.3, -0.25) is 14.6 Å². The van der Waals surface area contributed by atoms with Gasteiger partial charge in [0, 0.05) is 25.2 Å². The number of amides is 2. The summed E-state index contributed by atoms with van der Waals surface area (Å²) in [4.78, 5) is 32.4. The SMILES string of the molecule is CC(C)(O)CN1C(=O)[C@H](F)C[C@@H]1C(=O)N1CCC2(S(=O)(=O)c3ccc(F)cc3)c3ccc(C(C)(F)C(F)(F)F)nc3CCC12. The van der Waals surface area contributed by atoms with Crippen LogP contribution >= 0.6 is 0 Å². The lowest BCUT2D eigenvalue weighted by atomic mass is 9.80. The van der Waals surface area contributed by atoms with Crippen LogP contribution in [0.4, 0.5) is 26.3 Å². The highest BCUT2D eigenvalue weighted by atomic mass is 32.2. The van der Waals surface area contributed by atoms with E-state index in [1.54, 1.807) is 0 Å². The minimum absolute atomic E-state index is 0.0192. The molecule has 2 aliphatic heterocycles. The first-order chi connectivity index (χ1) is 20.2. The van der Waals surface area contributed by atoms with Crippen molar-refractivity contribution in [3.63, 3.8) is 0 Å². The lowest BCUT2D eigenvalue weighted by Crippen LogP contribution is -2.56. The van der Waals surface area contributed by atoms with E-state index in [-0.39, 0.29) is 48.5 Å². The molecule has 3 unspecified atom stereocenters. The van der Waals surface area contributed by atoms with Gasteiger partial charge in [-0.2, -0.15) is 13.2 Å². The second-order valence-corrected chi connectivity index (χ2v) is 14.6. The van der Waals surface area contributed by atoms with Crippen molar-refractivity contribution in [3.8, 4) is 0 Å². The van der Waals surface area contributed by atoms with Gasteiger partial charge in [0.05, 0.1) is 22.2 Å². The number of nitrogens with zero attached hydrogens (tertiary/aromatic N) is 3. The molecule has 2 aromatic rings. The van der Waals surface area contributed by atoms with Crippen molar-refractivity contribution in [3.05, 3.63) is 59.2 Å². The van der Waals surface area contributed by atoms with Crippen LogP contribution in [0.2, 0.25) is 0 Å². The zero-order chi connectivity index (χ0) is 32.6. The predicted molar refractivity (Wildman–Crippen MR) is 144 cm³/mol. The largest absolute Gasteiger partial charge is 0.428 e. The van der Waals surface area contributed by atoms with Gasteiger partial charge in [0.2, 0.25) is 11.6 Å². The Kier molecular flexibility index (Phi) is 7.63. The van der Waals surface area contributed by atoms with E-state index in [1.807, 2.05) is 0 Å². The van der Waals surface area contributed by atoms with Gasteiger partial charge in [-0.1, -0.05) is 6.07 Å². The van der Waals surface area contributed by atoms with Crippen LogP contribution in [-0.4, -0.2) is 83.2 Å². The maximum absolute atomic E-state index is 14.9. The molecular formula is C29H31F6N3O5S. The first-order valence-corrected chi connectivity index (χ1v) is 15.4. The quantitative estimate of drug-likeness (QED) is 0.377. The Morgan fingerprint density at radius 3 is 2.32 bits per heavy atom. The molecule has 0 bridgehead atoms. The lowest BCUT2D eigenvalue weighted by Gasteiger charge is -2.43. The lowest BCUT2D eigenvalue weighted by molar-refractivity contribution is -0.230. The van der Waals surface area contributed by atoms with Crippen LogP contribution in [0.3, 0.4) is 0 Å². The number of likely N-dealkylation sites (tertiary alicyclic amines) is 2. The van der Waals surface area contributed by atoms with E-state index in [9.17, 15) is 49.5 Å². The van der Waals surface area contributed by atoms with Gasteiger partial charge in [0.15, 0.2) is 16.0 Å². The van der Waals surface area contributed by atoms with E-state index in [2.05, 4.69) is 4.98 Å². The molecule has 1 N–H and O–H groups in total. The Morgan fingerprint density at radius 1 is 1.09 bits per heavy atom. The van der Waals surface area contributed by atoms with Crippen molar-refractivity contribution < 1.29 is 49.5 Å². The van der Waals surface area contributed by atoms with Crippen LogP contribution in [0, 0.1) is 5.82 Å². The molecule has 2 saturated heterocycles. The van der Waals surface area contributed by atoms with Gasteiger partial charge in [-0.05, 0) is 75.9 Å². The van der Waals surface area contributed by atoms with E-state index >= 15 is 0 Å². The second-order valence-electron chi connectivity index (χ2n) is 12.4. The average molecular weight is 648 g/mol. The van der Waals surface area contributed by atoms with E-state index < -0.39 is 80.0 Å². The summed E-state index contributed by atoms with van der Waals surface area (Å²) < 4.78 is 111. The number of hydrogen-bond donors (Lipinski definition) is 1. The van der Waals surface area contributed by atoms with Crippen LogP contribution in [0.5, 0.6) is 0 Å². The summed E-state index contributed by atoms with van der Waals surface area (Å²) in [5.41, 5.74) is -6.37. The summed E-state index contributed by atoms with van der Waals surface area (Å²) in [5, 5.41) is 10.3. The monoisotopic (exact) mass is 647 g/mol. The van der Waals surface area contributed by atoms with Gasteiger partial charge >= 0.3 is 6.18 Å². The summed E-state index contributed by atoms with van der Waals surface area (Å²) in [6, 6.07) is 3.31. The van der Waals surface area contributed by atoms with Gasteiger partial charge in [0.1, 0.15) is 16.6 Å². The molecule has 0 spiro atoms. The maximum atomic E-state index is 14.9. The van der Waals surface area contributed by atoms with Crippen LogP contribution in [0.1, 0.15) is 57.0 Å². The van der Waals surface area contributed by atoms with Crippen molar-refractivity contribution in [1.29, 1.82) is 0 Å². The Bertz CT molecular complexity index is 1590. The van der Waals surface area contributed by atoms with Gasteiger partial charge in [-0.25, -0.2) is 21.6 Å². The van der Waals surface area contributed by atoms with Crippen LogP contribution in [-0.2, 0) is 36.3 Å². The van der Waals surface area contributed by atoms with Crippen molar-refractivity contribution in [2.75, 3.05) is 13.1 Å². The molecule has 2 fully saturated rings. The molecule has 240 valence electrons. The molecule has 8 nitrogen and oxygen atoms in total. The average Bonchev–Trinajstić information content (AvgIpc) is 3.46. The molecule has 3 aliphatic rings. The summed E-state index contributed by atoms with van der Waals surface area (Å²) in [6.07, 6.45) is -8.32. The number of alkyl halides is 5. The number of pyridine rings is 1. The Labute approximate surface area is 250 Å². The highest BCUT2D eigenvalue weighted by Crippen LogP contribution is 2.53. The number of fused-ring (bicyclic) bond motifs is 3.